The zero-order valence-corrected chi connectivity index (χ0v) is 10.1. The lowest BCUT2D eigenvalue weighted by Gasteiger charge is -2.46. The number of hydrogen-bond donors (Lipinski definition) is 0. The molecule has 0 saturated heterocycles. The first-order valence-electron chi connectivity index (χ1n) is 5.64. The van der Waals surface area contributed by atoms with E-state index >= 15 is 0 Å². The van der Waals surface area contributed by atoms with Gasteiger partial charge in [-0.1, -0.05) is 12.1 Å². The van der Waals surface area contributed by atoms with Crippen LogP contribution in [0.2, 0.25) is 0 Å². The lowest BCUT2D eigenvalue weighted by molar-refractivity contribution is -0.137. The van der Waals surface area contributed by atoms with E-state index in [1.54, 1.807) is 0 Å². The molecule has 0 unspecified atom stereocenters. The SMILES string of the molecule is CC1(F)CC(N=C=O)(c2cccc(C(F)(F)F)c2)C1. The molecule has 0 N–H and O–H groups in total. The van der Waals surface area contributed by atoms with Crippen LogP contribution in [0.5, 0.6) is 0 Å². The van der Waals surface area contributed by atoms with Gasteiger partial charge in [-0.25, -0.2) is 9.18 Å². The molecule has 0 aliphatic heterocycles. The topological polar surface area (TPSA) is 29.4 Å². The Morgan fingerprint density at radius 2 is 1.95 bits per heavy atom. The highest BCUT2D eigenvalue weighted by Crippen LogP contribution is 2.53. The van der Waals surface area contributed by atoms with Gasteiger partial charge in [0.05, 0.1) is 5.56 Å². The summed E-state index contributed by atoms with van der Waals surface area (Å²) in [5, 5.41) is 0. The summed E-state index contributed by atoms with van der Waals surface area (Å²) in [6.07, 6.45) is -3.38. The number of nitrogens with zero attached hydrogens (tertiary/aromatic N) is 1. The van der Waals surface area contributed by atoms with Gasteiger partial charge in [0.1, 0.15) is 11.2 Å². The largest absolute Gasteiger partial charge is 0.416 e. The highest BCUT2D eigenvalue weighted by molar-refractivity contribution is 5.42. The summed E-state index contributed by atoms with van der Waals surface area (Å²) in [6, 6.07) is 4.49. The van der Waals surface area contributed by atoms with Crippen molar-refractivity contribution in [1.82, 2.24) is 0 Å². The van der Waals surface area contributed by atoms with Crippen molar-refractivity contribution in [2.75, 3.05) is 0 Å². The van der Waals surface area contributed by atoms with Crippen molar-refractivity contribution in [3.05, 3.63) is 35.4 Å². The first-order valence-corrected chi connectivity index (χ1v) is 5.64. The minimum atomic E-state index is -4.48. The van der Waals surface area contributed by atoms with Crippen LogP contribution in [0.4, 0.5) is 17.6 Å². The summed E-state index contributed by atoms with van der Waals surface area (Å²) in [5.41, 5.74) is -3.38. The van der Waals surface area contributed by atoms with Crippen molar-refractivity contribution >= 4 is 6.08 Å². The molecule has 1 fully saturated rings. The number of hydrogen-bond acceptors (Lipinski definition) is 2. The van der Waals surface area contributed by atoms with E-state index < -0.39 is 22.9 Å². The molecule has 1 aromatic carbocycles. The number of isocyanates is 1. The minimum Gasteiger partial charge on any atom is -0.244 e. The molecule has 6 heteroatoms. The van der Waals surface area contributed by atoms with Crippen LogP contribution < -0.4 is 0 Å². The predicted octanol–water partition coefficient (Wildman–Crippen LogP) is 3.76. The standard InChI is InChI=1S/C13H11F4NO/c1-11(14)6-12(7-11,18-8-19)9-3-2-4-10(5-9)13(15,16)17/h2-5H,6-7H2,1H3. The molecule has 102 valence electrons. The van der Waals surface area contributed by atoms with Crippen molar-refractivity contribution in [2.24, 2.45) is 4.99 Å². The second-order valence-electron chi connectivity index (χ2n) is 5.08. The van der Waals surface area contributed by atoms with Crippen LogP contribution in [0.1, 0.15) is 30.9 Å². The molecule has 2 nitrogen and oxygen atoms in total. The van der Waals surface area contributed by atoms with E-state index in [1.807, 2.05) is 0 Å². The Kier molecular flexibility index (Phi) is 3.01. The van der Waals surface area contributed by atoms with E-state index in [0.717, 1.165) is 12.1 Å². The van der Waals surface area contributed by atoms with Gasteiger partial charge in [-0.05, 0) is 24.6 Å². The highest BCUT2D eigenvalue weighted by atomic mass is 19.4. The van der Waals surface area contributed by atoms with E-state index in [9.17, 15) is 22.4 Å². The van der Waals surface area contributed by atoms with Crippen molar-refractivity contribution in [3.63, 3.8) is 0 Å². The highest BCUT2D eigenvalue weighted by Gasteiger charge is 2.54. The van der Waals surface area contributed by atoms with Crippen LogP contribution in [0.25, 0.3) is 0 Å². The maximum atomic E-state index is 13.6. The Labute approximate surface area is 107 Å². The number of alkyl halides is 4. The normalized spacial score (nSPS) is 30.4. The van der Waals surface area contributed by atoms with E-state index in [2.05, 4.69) is 4.99 Å². The summed E-state index contributed by atoms with van der Waals surface area (Å²) in [5.74, 6) is 0. The minimum absolute atomic E-state index is 0.115. The van der Waals surface area contributed by atoms with Crippen molar-refractivity contribution in [1.29, 1.82) is 0 Å². The van der Waals surface area contributed by atoms with E-state index in [1.165, 1.54) is 25.1 Å². The number of halogens is 4. The van der Waals surface area contributed by atoms with Gasteiger partial charge in [-0.3, -0.25) is 0 Å². The molecule has 19 heavy (non-hydrogen) atoms. The predicted molar refractivity (Wildman–Crippen MR) is 60.0 cm³/mol. The van der Waals surface area contributed by atoms with Gasteiger partial charge in [-0.15, -0.1) is 0 Å². The third-order valence-electron chi connectivity index (χ3n) is 3.31. The molecule has 0 radical (unpaired) electrons. The number of benzene rings is 1. The zero-order valence-electron chi connectivity index (χ0n) is 10.1. The average molecular weight is 273 g/mol. The van der Waals surface area contributed by atoms with Crippen LogP contribution in [0, 0.1) is 0 Å². The number of aliphatic imine (C=N–C) groups is 1. The number of rotatable bonds is 2. The molecule has 1 saturated carbocycles. The molecule has 0 heterocycles. The third-order valence-corrected chi connectivity index (χ3v) is 3.31. The van der Waals surface area contributed by atoms with Crippen molar-refractivity contribution < 1.29 is 22.4 Å². The van der Waals surface area contributed by atoms with Gasteiger partial charge in [-0.2, -0.15) is 18.2 Å². The Hall–Kier alpha value is -1.68. The fraction of sp³-hybridized carbons (Fsp3) is 0.462. The van der Waals surface area contributed by atoms with Gasteiger partial charge < -0.3 is 0 Å². The van der Waals surface area contributed by atoms with E-state index in [4.69, 9.17) is 0 Å². The lowest BCUT2D eigenvalue weighted by Crippen LogP contribution is -2.49. The second kappa shape index (κ2) is 4.17. The maximum absolute atomic E-state index is 13.6. The zero-order chi connectivity index (χ0) is 14.3. The van der Waals surface area contributed by atoms with Gasteiger partial charge in [0.25, 0.3) is 0 Å². The molecular weight excluding hydrogens is 262 g/mol. The molecule has 1 aliphatic rings. The second-order valence-corrected chi connectivity index (χ2v) is 5.08. The van der Waals surface area contributed by atoms with Gasteiger partial charge >= 0.3 is 6.18 Å². The van der Waals surface area contributed by atoms with Crippen LogP contribution in [0.3, 0.4) is 0 Å². The van der Waals surface area contributed by atoms with Crippen LogP contribution in [-0.2, 0) is 16.5 Å². The molecule has 0 aromatic heterocycles. The summed E-state index contributed by atoms with van der Waals surface area (Å²) < 4.78 is 51.5. The molecule has 0 atom stereocenters. The fourth-order valence-corrected chi connectivity index (χ4v) is 2.59. The molecule has 0 bridgehead atoms. The van der Waals surface area contributed by atoms with E-state index in [0.29, 0.717) is 0 Å². The molecule has 1 aromatic rings. The third kappa shape index (κ3) is 2.54. The molecule has 0 spiro atoms. The van der Waals surface area contributed by atoms with Crippen LogP contribution >= 0.6 is 0 Å². The summed E-state index contributed by atoms with van der Waals surface area (Å²) in [6.45, 7) is 1.33. The average Bonchev–Trinajstić information content (AvgIpc) is 2.25. The lowest BCUT2D eigenvalue weighted by atomic mass is 9.64. The molecule has 2 rings (SSSR count). The van der Waals surface area contributed by atoms with Gasteiger partial charge in [0.15, 0.2) is 0 Å². The van der Waals surface area contributed by atoms with E-state index in [-0.39, 0.29) is 18.4 Å². The number of carbonyl (C=O) groups excluding carboxylic acids is 1. The first kappa shape index (κ1) is 13.7. The van der Waals surface area contributed by atoms with Gasteiger partial charge in [0, 0.05) is 12.8 Å². The first-order chi connectivity index (χ1) is 8.69. The van der Waals surface area contributed by atoms with Crippen molar-refractivity contribution in [3.8, 4) is 0 Å². The molecule has 1 aliphatic carbocycles. The smallest absolute Gasteiger partial charge is 0.244 e. The Morgan fingerprint density at radius 1 is 1.32 bits per heavy atom. The van der Waals surface area contributed by atoms with Crippen molar-refractivity contribution in [2.45, 2.75) is 37.1 Å². The van der Waals surface area contributed by atoms with Gasteiger partial charge in [0.2, 0.25) is 6.08 Å². The Morgan fingerprint density at radius 3 is 2.42 bits per heavy atom. The Balaban J connectivity index is 2.43. The fourth-order valence-electron chi connectivity index (χ4n) is 2.59. The van der Waals surface area contributed by atoms with Crippen LogP contribution in [0.15, 0.2) is 29.3 Å². The molecular formula is C13H11F4NO. The Bertz CT molecular complexity index is 536. The maximum Gasteiger partial charge on any atom is 0.416 e. The van der Waals surface area contributed by atoms with Crippen LogP contribution in [-0.4, -0.2) is 11.7 Å². The molecule has 0 amide bonds. The summed E-state index contributed by atoms with van der Waals surface area (Å²) in [4.78, 5) is 14.0. The summed E-state index contributed by atoms with van der Waals surface area (Å²) in [7, 11) is 0. The summed E-state index contributed by atoms with van der Waals surface area (Å²) >= 11 is 0. The quantitative estimate of drug-likeness (QED) is 0.458. The monoisotopic (exact) mass is 273 g/mol.